The zero-order valence-electron chi connectivity index (χ0n) is 29.8. The highest BCUT2D eigenvalue weighted by atomic mass is 16.4. The number of amides is 4. The second-order valence-electron chi connectivity index (χ2n) is 14.2. The Hall–Kier alpha value is -5.66. The molecule has 0 unspecified atom stereocenters. The second-order valence-corrected chi connectivity index (χ2v) is 14.2. The highest BCUT2D eigenvalue weighted by molar-refractivity contribution is 5.87. The number of likely N-dealkylation sites (tertiary alicyclic amines) is 2. The Morgan fingerprint density at radius 3 is 1.31 bits per heavy atom. The van der Waals surface area contributed by atoms with E-state index in [0.717, 1.165) is 59.3 Å². The molecule has 0 radical (unpaired) electrons. The first-order valence-corrected chi connectivity index (χ1v) is 17.8. The number of nitrogens with one attached hydrogen (secondary N) is 4. The number of hydrogen-bond acceptors (Lipinski definition) is 6. The highest BCUT2D eigenvalue weighted by Gasteiger charge is 2.38. The Labute approximate surface area is 302 Å². The zero-order valence-corrected chi connectivity index (χ0v) is 29.8. The molecule has 2 aromatic carbocycles. The number of aromatic amines is 2. The number of carbonyl (C=O) groups is 4. The van der Waals surface area contributed by atoms with E-state index in [0.29, 0.717) is 24.7 Å². The molecule has 0 spiro atoms. The van der Waals surface area contributed by atoms with Crippen LogP contribution in [0.1, 0.15) is 77.1 Å². The summed E-state index contributed by atoms with van der Waals surface area (Å²) in [6.07, 6.45) is 4.22. The van der Waals surface area contributed by atoms with Gasteiger partial charge < -0.3 is 40.6 Å². The molecular weight excluding hydrogens is 664 g/mol. The van der Waals surface area contributed by atoms with Crippen LogP contribution in [0.3, 0.4) is 0 Å². The number of nitrogens with zero attached hydrogens (tertiary/aromatic N) is 4. The fourth-order valence-electron chi connectivity index (χ4n) is 7.27. The molecule has 2 fully saturated rings. The topological polar surface area (TPSA) is 197 Å². The third-order valence-electron chi connectivity index (χ3n) is 10.0. The van der Waals surface area contributed by atoms with Gasteiger partial charge in [0.05, 0.1) is 35.9 Å². The summed E-state index contributed by atoms with van der Waals surface area (Å²) in [6, 6.07) is 14.1. The van der Waals surface area contributed by atoms with Crippen molar-refractivity contribution in [2.75, 3.05) is 13.1 Å². The number of carbonyl (C=O) groups excluding carboxylic acids is 2. The summed E-state index contributed by atoms with van der Waals surface area (Å²) in [5.41, 5.74) is 5.63. The van der Waals surface area contributed by atoms with Gasteiger partial charge in [-0.1, -0.05) is 76.2 Å². The van der Waals surface area contributed by atoms with Gasteiger partial charge in [0.1, 0.15) is 23.7 Å². The summed E-state index contributed by atoms with van der Waals surface area (Å²) >= 11 is 0. The minimum absolute atomic E-state index is 0.188. The smallest absolute Gasteiger partial charge is 0.405 e. The molecule has 4 aromatic rings. The molecule has 4 heterocycles. The van der Waals surface area contributed by atoms with E-state index in [1.54, 1.807) is 22.2 Å². The Kier molecular flexibility index (Phi) is 10.6. The predicted molar refractivity (Wildman–Crippen MR) is 194 cm³/mol. The van der Waals surface area contributed by atoms with Gasteiger partial charge in [0.25, 0.3) is 0 Å². The molecule has 52 heavy (non-hydrogen) atoms. The number of aromatic nitrogens is 4. The Bertz CT molecular complexity index is 1760. The minimum Gasteiger partial charge on any atom is -0.465 e. The van der Waals surface area contributed by atoms with Crippen LogP contribution in [-0.4, -0.2) is 89.1 Å². The molecule has 0 aliphatic carbocycles. The van der Waals surface area contributed by atoms with E-state index in [9.17, 15) is 29.4 Å². The first kappa shape index (κ1) is 36.1. The van der Waals surface area contributed by atoms with Crippen molar-refractivity contribution < 1.29 is 29.4 Å². The van der Waals surface area contributed by atoms with E-state index in [-0.39, 0.29) is 35.7 Å². The zero-order chi connectivity index (χ0) is 37.1. The number of imidazole rings is 2. The van der Waals surface area contributed by atoms with Crippen molar-refractivity contribution in [3.05, 3.63) is 72.6 Å². The average Bonchev–Trinajstić information content (AvgIpc) is 3.95. The first-order valence-electron chi connectivity index (χ1n) is 17.8. The fourth-order valence-corrected chi connectivity index (χ4v) is 7.27. The third kappa shape index (κ3) is 7.65. The molecule has 0 saturated carbocycles. The standard InChI is InChI=1S/C38H46N8O6/c1-21(2)31(43-37(49)50)35(47)45-17-5-7-29(45)33-39-19-27(41-33)25-13-9-23(10-14-25)24-11-15-26(16-12-24)28-20-40-34(42-28)30-8-6-18-46(30)36(48)32(22(3)4)44-38(51)52/h9-16,19-22,29-32,43-44H,5-8,17-18H2,1-4H3,(H,39,41)(H,40,42)(H,49,50)(H,51,52)/t29-,30-,31-,32-/m0/s1. The van der Waals surface area contributed by atoms with Crippen LogP contribution in [0.2, 0.25) is 0 Å². The van der Waals surface area contributed by atoms with Gasteiger partial charge in [-0.15, -0.1) is 0 Å². The molecule has 6 rings (SSSR count). The lowest BCUT2D eigenvalue weighted by atomic mass is 10.0. The summed E-state index contributed by atoms with van der Waals surface area (Å²) in [7, 11) is 0. The van der Waals surface area contributed by atoms with Crippen molar-refractivity contribution in [3.63, 3.8) is 0 Å². The van der Waals surface area contributed by atoms with Gasteiger partial charge in [0.2, 0.25) is 11.8 Å². The van der Waals surface area contributed by atoms with Gasteiger partial charge in [-0.3, -0.25) is 9.59 Å². The molecule has 274 valence electrons. The number of carboxylic acid groups (broad SMARTS) is 2. The molecule has 2 saturated heterocycles. The van der Waals surface area contributed by atoms with Crippen LogP contribution in [0.5, 0.6) is 0 Å². The van der Waals surface area contributed by atoms with E-state index < -0.39 is 24.3 Å². The molecule has 4 amide bonds. The van der Waals surface area contributed by atoms with Crippen LogP contribution in [0, 0.1) is 11.8 Å². The van der Waals surface area contributed by atoms with Crippen molar-refractivity contribution in [1.82, 2.24) is 40.4 Å². The quantitative estimate of drug-likeness (QED) is 0.108. The summed E-state index contributed by atoms with van der Waals surface area (Å²) in [5, 5.41) is 23.3. The molecule has 0 bridgehead atoms. The Morgan fingerprint density at radius 1 is 0.635 bits per heavy atom. The van der Waals surface area contributed by atoms with Gasteiger partial charge in [-0.25, -0.2) is 19.6 Å². The van der Waals surface area contributed by atoms with Crippen LogP contribution in [0.4, 0.5) is 9.59 Å². The largest absolute Gasteiger partial charge is 0.465 e. The Balaban J connectivity index is 1.11. The van der Waals surface area contributed by atoms with Crippen LogP contribution >= 0.6 is 0 Å². The van der Waals surface area contributed by atoms with E-state index in [4.69, 9.17) is 0 Å². The molecule has 4 atom stereocenters. The lowest BCUT2D eigenvalue weighted by Gasteiger charge is -2.29. The van der Waals surface area contributed by atoms with Crippen molar-refractivity contribution in [2.45, 2.75) is 77.5 Å². The molecule has 2 aromatic heterocycles. The van der Waals surface area contributed by atoms with Crippen molar-refractivity contribution in [3.8, 4) is 33.6 Å². The average molecular weight is 711 g/mol. The molecule has 14 nitrogen and oxygen atoms in total. The fraction of sp³-hybridized carbons (Fsp3) is 0.421. The Morgan fingerprint density at radius 2 is 0.981 bits per heavy atom. The van der Waals surface area contributed by atoms with Gasteiger partial charge in [-0.05, 0) is 59.8 Å². The van der Waals surface area contributed by atoms with Gasteiger partial charge in [-0.2, -0.15) is 0 Å². The summed E-state index contributed by atoms with van der Waals surface area (Å²) in [6.45, 7) is 8.40. The molecule has 6 N–H and O–H groups in total. The lowest BCUT2D eigenvalue weighted by Crippen LogP contribution is -2.50. The summed E-state index contributed by atoms with van der Waals surface area (Å²) in [4.78, 5) is 68.8. The maximum Gasteiger partial charge on any atom is 0.405 e. The van der Waals surface area contributed by atoms with E-state index in [2.05, 4.69) is 30.6 Å². The van der Waals surface area contributed by atoms with Crippen LogP contribution < -0.4 is 10.6 Å². The van der Waals surface area contributed by atoms with Crippen molar-refractivity contribution >= 4 is 24.0 Å². The molecule has 2 aliphatic rings. The number of H-pyrrole nitrogens is 2. The van der Waals surface area contributed by atoms with Crippen LogP contribution in [0.25, 0.3) is 33.6 Å². The normalized spacial score (nSPS) is 18.5. The van der Waals surface area contributed by atoms with E-state index >= 15 is 0 Å². The predicted octanol–water partition coefficient (Wildman–Crippen LogP) is 6.05. The highest BCUT2D eigenvalue weighted by Crippen LogP contribution is 2.35. The molecular formula is C38H46N8O6. The van der Waals surface area contributed by atoms with Gasteiger partial charge in [0, 0.05) is 13.1 Å². The van der Waals surface area contributed by atoms with Crippen molar-refractivity contribution in [2.24, 2.45) is 11.8 Å². The SMILES string of the molecule is CC(C)[C@H](NC(=O)O)C(=O)N1CCC[C@H]1c1ncc(-c2ccc(-c3ccc(-c4cnc([C@@H]5CCCN5C(=O)[C@@H](NC(=O)O)C(C)C)[nH]4)cc3)cc2)[nH]1. The van der Waals surface area contributed by atoms with E-state index in [1.165, 1.54) is 0 Å². The van der Waals surface area contributed by atoms with Crippen molar-refractivity contribution in [1.29, 1.82) is 0 Å². The first-order chi connectivity index (χ1) is 24.9. The molecule has 2 aliphatic heterocycles. The monoisotopic (exact) mass is 710 g/mol. The lowest BCUT2D eigenvalue weighted by molar-refractivity contribution is -0.136. The number of rotatable bonds is 11. The third-order valence-corrected chi connectivity index (χ3v) is 10.0. The maximum absolute atomic E-state index is 13.3. The molecule has 14 heteroatoms. The second kappa shape index (κ2) is 15.3. The summed E-state index contributed by atoms with van der Waals surface area (Å²) in [5.74, 6) is 0.518. The number of benzene rings is 2. The van der Waals surface area contributed by atoms with Crippen LogP contribution in [-0.2, 0) is 9.59 Å². The minimum atomic E-state index is -1.22. The van der Waals surface area contributed by atoms with E-state index in [1.807, 2.05) is 76.2 Å². The van der Waals surface area contributed by atoms with Crippen LogP contribution in [0.15, 0.2) is 60.9 Å². The summed E-state index contributed by atoms with van der Waals surface area (Å²) < 4.78 is 0. The van der Waals surface area contributed by atoms with Gasteiger partial charge >= 0.3 is 12.2 Å². The number of hydrogen-bond donors (Lipinski definition) is 6. The maximum atomic E-state index is 13.3. The van der Waals surface area contributed by atoms with Gasteiger partial charge in [0.15, 0.2) is 0 Å².